The highest BCUT2D eigenvalue weighted by molar-refractivity contribution is 9.10. The van der Waals surface area contributed by atoms with E-state index >= 15 is 0 Å². The summed E-state index contributed by atoms with van der Waals surface area (Å²) >= 11 is 5.82. The average Bonchev–Trinajstić information content (AvgIpc) is 3.37. The van der Waals surface area contributed by atoms with Gasteiger partial charge in [0.05, 0.1) is 23.3 Å². The van der Waals surface area contributed by atoms with E-state index in [-0.39, 0.29) is 28.8 Å². The van der Waals surface area contributed by atoms with Gasteiger partial charge in [-0.15, -0.1) is 10.2 Å². The van der Waals surface area contributed by atoms with E-state index in [0.717, 1.165) is 4.47 Å². The Balaban J connectivity index is 1.41. The smallest absolute Gasteiger partial charge is 0.234 e. The maximum Gasteiger partial charge on any atom is 0.234 e. The van der Waals surface area contributed by atoms with Crippen LogP contribution in [0.2, 0.25) is 0 Å². The summed E-state index contributed by atoms with van der Waals surface area (Å²) in [4.78, 5) is 27.2. The van der Waals surface area contributed by atoms with E-state index in [9.17, 15) is 19.2 Å². The lowest BCUT2D eigenvalue weighted by Gasteiger charge is -2.38. The van der Waals surface area contributed by atoms with E-state index in [1.54, 1.807) is 29.2 Å². The molecule has 0 bridgehead atoms. The van der Waals surface area contributed by atoms with Crippen molar-refractivity contribution in [2.45, 2.75) is 29.5 Å². The number of hydrogen-bond donors (Lipinski definition) is 2. The molecule has 5 rings (SSSR count). The Hall–Kier alpha value is -3.53. The van der Waals surface area contributed by atoms with Gasteiger partial charge < -0.3 is 11.1 Å². The van der Waals surface area contributed by atoms with E-state index < -0.39 is 11.7 Å². The first-order valence-corrected chi connectivity index (χ1v) is 14.2. The minimum absolute atomic E-state index is 0.0745. The fourth-order valence-corrected chi connectivity index (χ4v) is 6.45. The molecule has 0 radical (unpaired) electrons. The summed E-state index contributed by atoms with van der Waals surface area (Å²) in [6, 6.07) is 15.2. The second-order valence-electron chi connectivity index (χ2n) is 8.56. The van der Waals surface area contributed by atoms with Crippen LogP contribution in [-0.4, -0.2) is 27.6 Å². The number of rotatable bonds is 6. The third-order valence-electron chi connectivity index (χ3n) is 6.16. The topological polar surface area (TPSA) is 125 Å². The standard InChI is InChI=1S/C26H20BrFN6O2S2/c27-15-6-10-17(11-7-15)31-21(36)13-37-26-33-32-25(38-26)34-19-2-1-3-20(35)23(19)22(18(12-29)24(34)30)14-4-8-16(28)9-5-14/h4-11,22H,1-3,13,30H2,(H,31,36). The molecule has 1 aromatic heterocycles. The minimum atomic E-state index is -0.677. The Kier molecular flexibility index (Phi) is 7.60. The number of nitrogens with zero attached hydrogens (tertiary/aromatic N) is 4. The first-order chi connectivity index (χ1) is 18.4. The molecule has 1 unspecified atom stereocenters. The number of ketones is 1. The van der Waals surface area contributed by atoms with Crippen molar-refractivity contribution in [2.24, 2.45) is 5.73 Å². The zero-order valence-corrected chi connectivity index (χ0v) is 23.0. The molecular formula is C26H20BrFN6O2S2. The van der Waals surface area contributed by atoms with Crippen LogP contribution in [0.5, 0.6) is 0 Å². The number of nitrogens with one attached hydrogen (secondary N) is 1. The highest BCUT2D eigenvalue weighted by Crippen LogP contribution is 2.47. The van der Waals surface area contributed by atoms with E-state index in [2.05, 4.69) is 37.5 Å². The summed E-state index contributed by atoms with van der Waals surface area (Å²) in [5.74, 6) is -1.06. The maximum atomic E-state index is 13.6. The normalized spacial score (nSPS) is 17.3. The molecule has 2 aromatic carbocycles. The van der Waals surface area contributed by atoms with Crippen molar-refractivity contribution in [3.63, 3.8) is 0 Å². The second kappa shape index (κ2) is 11.1. The van der Waals surface area contributed by atoms with Gasteiger partial charge in [0, 0.05) is 27.9 Å². The molecule has 1 aliphatic heterocycles. The molecule has 1 amide bonds. The van der Waals surface area contributed by atoms with E-state index in [1.165, 1.54) is 35.2 Å². The van der Waals surface area contributed by atoms with Gasteiger partial charge in [-0.2, -0.15) is 5.26 Å². The predicted octanol–water partition coefficient (Wildman–Crippen LogP) is 5.48. The highest BCUT2D eigenvalue weighted by atomic mass is 79.9. The fourth-order valence-electron chi connectivity index (χ4n) is 4.50. The minimum Gasteiger partial charge on any atom is -0.384 e. The molecule has 3 N–H and O–H groups in total. The molecule has 8 nitrogen and oxygen atoms in total. The summed E-state index contributed by atoms with van der Waals surface area (Å²) in [6.07, 6.45) is 1.56. The average molecular weight is 612 g/mol. The Morgan fingerprint density at radius 1 is 1.21 bits per heavy atom. The van der Waals surface area contributed by atoms with Gasteiger partial charge in [0.2, 0.25) is 11.0 Å². The van der Waals surface area contributed by atoms with Crippen LogP contribution in [-0.2, 0) is 9.59 Å². The first kappa shape index (κ1) is 26.1. The fraction of sp³-hybridized carbons (Fsp3) is 0.192. The van der Waals surface area contributed by atoms with Gasteiger partial charge in [-0.25, -0.2) is 4.39 Å². The molecular weight excluding hydrogens is 591 g/mol. The molecule has 0 saturated heterocycles. The molecule has 0 fully saturated rings. The highest BCUT2D eigenvalue weighted by Gasteiger charge is 2.41. The van der Waals surface area contributed by atoms with Crippen LogP contribution in [0.1, 0.15) is 30.7 Å². The Morgan fingerprint density at radius 3 is 2.66 bits per heavy atom. The molecule has 2 aliphatic rings. The maximum absolute atomic E-state index is 13.6. The van der Waals surface area contributed by atoms with Gasteiger partial charge in [-0.05, 0) is 54.8 Å². The summed E-state index contributed by atoms with van der Waals surface area (Å²) in [6.45, 7) is 0. The van der Waals surface area contributed by atoms with Crippen molar-refractivity contribution in [3.8, 4) is 6.07 Å². The Labute approximate surface area is 234 Å². The van der Waals surface area contributed by atoms with Crippen molar-refractivity contribution in [2.75, 3.05) is 16.0 Å². The molecule has 3 aromatic rings. The van der Waals surface area contributed by atoms with Gasteiger partial charge in [0.1, 0.15) is 11.6 Å². The van der Waals surface area contributed by atoms with Crippen LogP contribution < -0.4 is 16.0 Å². The molecule has 1 atom stereocenters. The van der Waals surface area contributed by atoms with Crippen molar-refractivity contribution in [3.05, 3.63) is 87.0 Å². The number of carbonyl (C=O) groups excluding carboxylic acids is 2. The van der Waals surface area contributed by atoms with Crippen molar-refractivity contribution >= 4 is 61.5 Å². The molecule has 12 heteroatoms. The number of Topliss-reactive ketones (excluding diaryl/α,β-unsaturated/α-hetero) is 1. The van der Waals surface area contributed by atoms with Crippen LogP contribution in [0.3, 0.4) is 0 Å². The number of aromatic nitrogens is 2. The van der Waals surface area contributed by atoms with E-state index in [1.807, 2.05) is 12.1 Å². The van der Waals surface area contributed by atoms with Gasteiger partial charge in [-0.3, -0.25) is 14.5 Å². The molecule has 38 heavy (non-hydrogen) atoms. The number of allylic oxidation sites excluding steroid dienone is 3. The van der Waals surface area contributed by atoms with Gasteiger partial charge in [0.25, 0.3) is 0 Å². The molecule has 0 saturated carbocycles. The number of carbonyl (C=O) groups is 2. The predicted molar refractivity (Wildman–Crippen MR) is 148 cm³/mol. The Morgan fingerprint density at radius 2 is 1.95 bits per heavy atom. The monoisotopic (exact) mass is 610 g/mol. The number of nitriles is 1. The zero-order chi connectivity index (χ0) is 26.8. The van der Waals surface area contributed by atoms with E-state index in [4.69, 9.17) is 5.73 Å². The first-order valence-electron chi connectivity index (χ1n) is 11.6. The number of thioether (sulfide) groups is 1. The third kappa shape index (κ3) is 5.22. The lowest BCUT2D eigenvalue weighted by Crippen LogP contribution is -2.38. The van der Waals surface area contributed by atoms with Gasteiger partial charge in [-0.1, -0.05) is 51.2 Å². The van der Waals surface area contributed by atoms with Crippen molar-refractivity contribution in [1.82, 2.24) is 10.2 Å². The number of halogens is 2. The Bertz CT molecular complexity index is 1510. The molecule has 192 valence electrons. The summed E-state index contributed by atoms with van der Waals surface area (Å²) in [7, 11) is 0. The number of amides is 1. The van der Waals surface area contributed by atoms with Crippen molar-refractivity contribution < 1.29 is 14.0 Å². The van der Waals surface area contributed by atoms with Crippen LogP contribution >= 0.6 is 39.0 Å². The van der Waals surface area contributed by atoms with Gasteiger partial charge in [0.15, 0.2) is 10.1 Å². The summed E-state index contributed by atoms with van der Waals surface area (Å²) < 4.78 is 15.1. The summed E-state index contributed by atoms with van der Waals surface area (Å²) in [5.41, 5.74) is 9.19. The molecule has 2 heterocycles. The largest absolute Gasteiger partial charge is 0.384 e. The van der Waals surface area contributed by atoms with Crippen LogP contribution in [0.15, 0.2) is 80.0 Å². The van der Waals surface area contributed by atoms with E-state index in [0.29, 0.717) is 51.3 Å². The van der Waals surface area contributed by atoms with Crippen LogP contribution in [0.25, 0.3) is 0 Å². The SMILES string of the molecule is N#CC1=C(N)N(c2nnc(SCC(=O)Nc3ccc(Br)cc3)s2)C2=C(C(=O)CCC2)C1c1ccc(F)cc1. The van der Waals surface area contributed by atoms with Gasteiger partial charge >= 0.3 is 0 Å². The lowest BCUT2D eigenvalue weighted by atomic mass is 9.76. The number of nitrogens with two attached hydrogens (primary N) is 1. The summed E-state index contributed by atoms with van der Waals surface area (Å²) in [5, 5.41) is 21.8. The number of benzene rings is 2. The number of hydrogen-bond acceptors (Lipinski definition) is 9. The second-order valence-corrected chi connectivity index (χ2v) is 11.7. The van der Waals surface area contributed by atoms with Crippen LogP contribution in [0, 0.1) is 17.1 Å². The molecule has 1 aliphatic carbocycles. The number of anilines is 2. The van der Waals surface area contributed by atoms with Crippen LogP contribution in [0.4, 0.5) is 15.2 Å². The zero-order valence-electron chi connectivity index (χ0n) is 19.8. The lowest BCUT2D eigenvalue weighted by molar-refractivity contribution is -0.116. The third-order valence-corrected chi connectivity index (χ3v) is 8.73. The van der Waals surface area contributed by atoms with Crippen molar-refractivity contribution in [1.29, 1.82) is 5.26 Å². The quantitative estimate of drug-likeness (QED) is 0.352. The molecule has 0 spiro atoms.